The minimum atomic E-state index is -0.694. The maximum Gasteiger partial charge on any atom is 0.407 e. The maximum absolute atomic E-state index is 11.4. The van der Waals surface area contributed by atoms with Crippen molar-refractivity contribution in [3.63, 3.8) is 0 Å². The quantitative estimate of drug-likeness (QED) is 0.101. The van der Waals surface area contributed by atoms with Crippen LogP contribution >= 0.6 is 0 Å². The van der Waals surface area contributed by atoms with E-state index in [-0.39, 0.29) is 6.09 Å². The lowest BCUT2D eigenvalue weighted by molar-refractivity contribution is -0.138. The zero-order chi connectivity index (χ0) is 28.2. The highest BCUT2D eigenvalue weighted by atomic mass is 16.6. The third kappa shape index (κ3) is 38.9. The molecule has 1 amide bonds. The number of carboxylic acid groups (broad SMARTS) is 2. The molecule has 0 aromatic rings. The molecule has 8 heteroatoms. The third-order valence-corrected chi connectivity index (χ3v) is 5.83. The van der Waals surface area contributed by atoms with Gasteiger partial charge in [0.15, 0.2) is 0 Å². The molecule has 220 valence electrons. The lowest BCUT2D eigenvalue weighted by Gasteiger charge is -2.19. The first-order chi connectivity index (χ1) is 17.6. The lowest BCUT2D eigenvalue weighted by Crippen LogP contribution is -2.32. The van der Waals surface area contributed by atoms with E-state index < -0.39 is 17.5 Å². The Balaban J connectivity index is 0. The van der Waals surface area contributed by atoms with Crippen LogP contribution < -0.4 is 11.1 Å². The first-order valence-corrected chi connectivity index (χ1v) is 14.7. The fourth-order valence-corrected chi connectivity index (χ4v) is 3.80. The number of aliphatic carboxylic acids is 2. The number of ether oxygens (including phenoxy) is 1. The average Bonchev–Trinajstić information content (AvgIpc) is 2.80. The number of nitrogens with one attached hydrogen (secondary N) is 1. The van der Waals surface area contributed by atoms with E-state index >= 15 is 0 Å². The molecule has 0 radical (unpaired) electrons. The maximum atomic E-state index is 11.4. The number of carbonyl (C=O) groups is 3. The molecule has 0 aliphatic carbocycles. The fourth-order valence-electron chi connectivity index (χ4n) is 3.80. The highest BCUT2D eigenvalue weighted by Crippen LogP contribution is 2.11. The van der Waals surface area contributed by atoms with Gasteiger partial charge in [-0.1, -0.05) is 89.9 Å². The van der Waals surface area contributed by atoms with Crippen molar-refractivity contribution in [2.75, 3.05) is 13.1 Å². The van der Waals surface area contributed by atoms with E-state index in [0.717, 1.165) is 57.9 Å². The average molecular weight is 531 g/mol. The number of rotatable bonds is 23. The summed E-state index contributed by atoms with van der Waals surface area (Å²) in [5.41, 5.74) is 4.96. The van der Waals surface area contributed by atoms with Crippen LogP contribution in [0.1, 0.15) is 149 Å². The minimum Gasteiger partial charge on any atom is -0.481 e. The van der Waals surface area contributed by atoms with E-state index in [9.17, 15) is 14.4 Å². The molecule has 5 N–H and O–H groups in total. The monoisotopic (exact) mass is 530 g/mol. The van der Waals surface area contributed by atoms with Crippen molar-refractivity contribution in [2.45, 2.75) is 155 Å². The predicted molar refractivity (Wildman–Crippen MR) is 151 cm³/mol. The van der Waals surface area contributed by atoms with Crippen LogP contribution in [0.3, 0.4) is 0 Å². The molecule has 0 saturated heterocycles. The molecule has 0 aliphatic heterocycles. The van der Waals surface area contributed by atoms with Crippen LogP contribution in [0, 0.1) is 0 Å². The van der Waals surface area contributed by atoms with Crippen molar-refractivity contribution in [2.24, 2.45) is 5.73 Å². The Bertz CT molecular complexity index is 549. The number of hydrogen-bond donors (Lipinski definition) is 4. The van der Waals surface area contributed by atoms with Crippen molar-refractivity contribution >= 4 is 18.0 Å². The largest absolute Gasteiger partial charge is 0.481 e. The number of amides is 1. The summed E-state index contributed by atoms with van der Waals surface area (Å²) in [5, 5.41) is 19.7. The molecule has 0 unspecified atom stereocenters. The summed E-state index contributed by atoms with van der Waals surface area (Å²) in [7, 11) is 0. The topological polar surface area (TPSA) is 139 Å². The van der Waals surface area contributed by atoms with Gasteiger partial charge in [0.2, 0.25) is 0 Å². The highest BCUT2D eigenvalue weighted by molar-refractivity contribution is 5.67. The second-order valence-corrected chi connectivity index (χ2v) is 10.9. The molecule has 0 aliphatic rings. The van der Waals surface area contributed by atoms with E-state index in [0.29, 0.717) is 19.4 Å². The molecule has 0 aromatic heterocycles. The molecule has 37 heavy (non-hydrogen) atoms. The van der Waals surface area contributed by atoms with Crippen LogP contribution in [0.25, 0.3) is 0 Å². The van der Waals surface area contributed by atoms with Gasteiger partial charge in [0.05, 0.1) is 0 Å². The van der Waals surface area contributed by atoms with Crippen molar-refractivity contribution in [3.05, 3.63) is 0 Å². The van der Waals surface area contributed by atoms with Crippen molar-refractivity contribution < 1.29 is 29.3 Å². The van der Waals surface area contributed by atoms with Crippen molar-refractivity contribution in [1.82, 2.24) is 5.32 Å². The molecule has 0 saturated carbocycles. The summed E-state index contributed by atoms with van der Waals surface area (Å²) in [6.07, 6.45) is 20.8. The van der Waals surface area contributed by atoms with E-state index in [1.165, 1.54) is 64.2 Å². The Labute approximate surface area is 226 Å². The van der Waals surface area contributed by atoms with Crippen LogP contribution in [-0.2, 0) is 14.3 Å². The number of unbranched alkanes of at least 4 members (excludes halogenated alkanes) is 16. The smallest absolute Gasteiger partial charge is 0.407 e. The molecule has 0 heterocycles. The van der Waals surface area contributed by atoms with Crippen LogP contribution in [0.5, 0.6) is 0 Å². The second kappa shape index (κ2) is 27.2. The summed E-state index contributed by atoms with van der Waals surface area (Å²) in [6, 6.07) is 0. The van der Waals surface area contributed by atoms with Gasteiger partial charge >= 0.3 is 18.0 Å². The Hall–Kier alpha value is -1.83. The molecule has 0 atom stereocenters. The first-order valence-electron chi connectivity index (χ1n) is 14.7. The summed E-state index contributed by atoms with van der Waals surface area (Å²) in [5.74, 6) is -1.36. The highest BCUT2D eigenvalue weighted by Gasteiger charge is 2.15. The van der Waals surface area contributed by atoms with E-state index in [1.807, 2.05) is 20.8 Å². The molecule has 0 bridgehead atoms. The Morgan fingerprint density at radius 3 is 1.24 bits per heavy atom. The normalized spacial score (nSPS) is 10.9. The van der Waals surface area contributed by atoms with Gasteiger partial charge in [0.1, 0.15) is 5.60 Å². The Kier molecular flexibility index (Phi) is 27.4. The van der Waals surface area contributed by atoms with Crippen LogP contribution in [0.2, 0.25) is 0 Å². The lowest BCUT2D eigenvalue weighted by atomic mass is 10.1. The van der Waals surface area contributed by atoms with Gasteiger partial charge in [0.25, 0.3) is 0 Å². The number of hydrogen-bond acceptors (Lipinski definition) is 5. The number of carboxylic acids is 2. The van der Waals surface area contributed by atoms with Crippen molar-refractivity contribution in [3.8, 4) is 0 Å². The third-order valence-electron chi connectivity index (χ3n) is 5.83. The first kappa shape index (κ1) is 37.3. The summed E-state index contributed by atoms with van der Waals surface area (Å²) < 4.78 is 5.16. The van der Waals surface area contributed by atoms with E-state index in [4.69, 9.17) is 20.7 Å². The van der Waals surface area contributed by atoms with Crippen molar-refractivity contribution in [1.29, 1.82) is 0 Å². The van der Waals surface area contributed by atoms with Gasteiger partial charge in [-0.05, 0) is 53.0 Å². The molecule has 0 rings (SSSR count). The number of alkyl carbamates (subject to hydrolysis) is 1. The molecule has 0 aromatic carbocycles. The molecule has 8 nitrogen and oxygen atoms in total. The van der Waals surface area contributed by atoms with Crippen LogP contribution in [-0.4, -0.2) is 46.9 Å². The number of carbonyl (C=O) groups excluding carboxylic acids is 1. The summed E-state index contributed by atoms with van der Waals surface area (Å²) >= 11 is 0. The number of nitrogens with two attached hydrogens (primary N) is 1. The van der Waals surface area contributed by atoms with Crippen LogP contribution in [0.4, 0.5) is 4.79 Å². The molecular weight excluding hydrogens is 472 g/mol. The van der Waals surface area contributed by atoms with E-state index in [1.54, 1.807) is 0 Å². The van der Waals surface area contributed by atoms with Gasteiger partial charge in [-0.2, -0.15) is 0 Å². The molecule has 0 fully saturated rings. The van der Waals surface area contributed by atoms with Gasteiger partial charge in [-0.3, -0.25) is 9.59 Å². The van der Waals surface area contributed by atoms with Gasteiger partial charge in [-0.15, -0.1) is 0 Å². The van der Waals surface area contributed by atoms with E-state index in [2.05, 4.69) is 5.32 Å². The summed E-state index contributed by atoms with van der Waals surface area (Å²) in [4.78, 5) is 32.0. The van der Waals surface area contributed by atoms with Gasteiger partial charge < -0.3 is 26.0 Å². The standard InChI is InChI=1S/C17H33NO4.C12H25NO2/c1-17(2,3)22-16(21)18-14-12-10-8-6-4-5-7-9-11-13-15(19)20;13-11-9-7-5-3-1-2-4-6-8-10-12(14)15/h4-14H2,1-3H3,(H,18,21)(H,19,20);1-11,13H2,(H,14,15). The molecular formula is C29H58N2O6. The Morgan fingerprint density at radius 1 is 0.595 bits per heavy atom. The Morgan fingerprint density at radius 2 is 0.919 bits per heavy atom. The van der Waals surface area contributed by atoms with Gasteiger partial charge in [0, 0.05) is 19.4 Å². The minimum absolute atomic E-state index is 0.296. The summed E-state index contributed by atoms with van der Waals surface area (Å²) in [6.45, 7) is 7.05. The predicted octanol–water partition coefficient (Wildman–Crippen LogP) is 7.43. The zero-order valence-electron chi connectivity index (χ0n) is 24.2. The van der Waals surface area contributed by atoms with Crippen LogP contribution in [0.15, 0.2) is 0 Å². The molecule has 0 spiro atoms. The zero-order valence-corrected chi connectivity index (χ0v) is 24.2. The van der Waals surface area contributed by atoms with Gasteiger partial charge in [-0.25, -0.2) is 4.79 Å². The fraction of sp³-hybridized carbons (Fsp3) is 0.897. The second-order valence-electron chi connectivity index (χ2n) is 10.9. The SMILES string of the molecule is CC(C)(C)OC(=O)NCCCCCCCCCCCC(=O)O.NCCCCCCCCCCCC(=O)O.